The van der Waals surface area contributed by atoms with Gasteiger partial charge in [0.05, 0.1) is 0 Å². The molecular formula is C18H16N2. The third kappa shape index (κ3) is 2.36. The Morgan fingerprint density at radius 3 is 1.80 bits per heavy atom. The molecule has 0 atom stereocenters. The number of nitrogen functional groups attached to an aromatic ring is 2. The van der Waals surface area contributed by atoms with E-state index >= 15 is 0 Å². The van der Waals surface area contributed by atoms with Crippen LogP contribution in [0.3, 0.4) is 0 Å². The number of rotatable bonds is 2. The highest BCUT2D eigenvalue weighted by Gasteiger charge is 2.03. The Balaban J connectivity index is 1.97. The van der Waals surface area contributed by atoms with E-state index in [0.717, 1.165) is 11.1 Å². The summed E-state index contributed by atoms with van der Waals surface area (Å²) >= 11 is 0. The van der Waals surface area contributed by atoms with Crippen molar-refractivity contribution in [2.24, 2.45) is 0 Å². The van der Waals surface area contributed by atoms with Gasteiger partial charge >= 0.3 is 0 Å². The van der Waals surface area contributed by atoms with Crippen LogP contribution in [0.1, 0.15) is 0 Å². The molecule has 2 heteroatoms. The molecule has 3 aromatic rings. The molecule has 4 N–H and O–H groups in total. The van der Waals surface area contributed by atoms with Crippen LogP contribution in [-0.4, -0.2) is 0 Å². The molecule has 0 aliphatic rings. The molecule has 0 radical (unpaired) electrons. The van der Waals surface area contributed by atoms with E-state index in [4.69, 9.17) is 11.5 Å². The second-order valence-electron chi connectivity index (χ2n) is 4.79. The first kappa shape index (κ1) is 12.3. The molecule has 0 aliphatic heterocycles. The Labute approximate surface area is 118 Å². The minimum atomic E-state index is 0.687. The second kappa shape index (κ2) is 5.10. The van der Waals surface area contributed by atoms with Crippen LogP contribution >= 0.6 is 0 Å². The normalized spacial score (nSPS) is 10.4. The van der Waals surface area contributed by atoms with Crippen LogP contribution in [0.4, 0.5) is 11.4 Å². The smallest absolute Gasteiger partial charge is 0.0414 e. The molecule has 3 aromatic carbocycles. The SMILES string of the molecule is Nc1ccc(-c2ccc(-c3ccccc3)cc2)c(N)c1. The summed E-state index contributed by atoms with van der Waals surface area (Å²) in [5.74, 6) is 0. The number of hydrogen-bond acceptors (Lipinski definition) is 2. The van der Waals surface area contributed by atoms with Crippen LogP contribution in [0.25, 0.3) is 22.3 Å². The fourth-order valence-corrected chi connectivity index (χ4v) is 2.32. The van der Waals surface area contributed by atoms with Crippen LogP contribution in [0.5, 0.6) is 0 Å². The average Bonchev–Trinajstić information content (AvgIpc) is 2.48. The predicted molar refractivity (Wildman–Crippen MR) is 86.1 cm³/mol. The van der Waals surface area contributed by atoms with Gasteiger partial charge in [-0.25, -0.2) is 0 Å². The molecule has 0 unspecified atom stereocenters. The van der Waals surface area contributed by atoms with E-state index < -0.39 is 0 Å². The minimum Gasteiger partial charge on any atom is -0.399 e. The van der Waals surface area contributed by atoms with Gasteiger partial charge in [-0.05, 0) is 28.8 Å². The summed E-state index contributed by atoms with van der Waals surface area (Å²) < 4.78 is 0. The molecule has 0 saturated heterocycles. The molecule has 0 aromatic heterocycles. The Kier molecular flexibility index (Phi) is 3.13. The molecule has 0 bridgehead atoms. The van der Waals surface area contributed by atoms with E-state index in [9.17, 15) is 0 Å². The summed E-state index contributed by atoms with van der Waals surface area (Å²) in [6.45, 7) is 0. The first-order chi connectivity index (χ1) is 9.74. The monoisotopic (exact) mass is 260 g/mol. The number of nitrogens with two attached hydrogens (primary N) is 2. The van der Waals surface area contributed by atoms with Gasteiger partial charge in [-0.3, -0.25) is 0 Å². The highest BCUT2D eigenvalue weighted by atomic mass is 14.6. The predicted octanol–water partition coefficient (Wildman–Crippen LogP) is 4.19. The summed E-state index contributed by atoms with van der Waals surface area (Å²) in [5.41, 5.74) is 17.7. The average molecular weight is 260 g/mol. The van der Waals surface area contributed by atoms with Crippen molar-refractivity contribution in [2.75, 3.05) is 11.5 Å². The van der Waals surface area contributed by atoms with E-state index in [0.29, 0.717) is 11.4 Å². The molecule has 0 saturated carbocycles. The Morgan fingerprint density at radius 1 is 0.550 bits per heavy atom. The molecule has 0 amide bonds. The van der Waals surface area contributed by atoms with Crippen molar-refractivity contribution >= 4 is 11.4 Å². The summed E-state index contributed by atoms with van der Waals surface area (Å²) in [7, 11) is 0. The lowest BCUT2D eigenvalue weighted by Crippen LogP contribution is -1.93. The van der Waals surface area contributed by atoms with Crippen molar-refractivity contribution in [2.45, 2.75) is 0 Å². The molecule has 0 fully saturated rings. The van der Waals surface area contributed by atoms with Gasteiger partial charge in [0.2, 0.25) is 0 Å². The molecule has 3 rings (SSSR count). The number of hydrogen-bond donors (Lipinski definition) is 2. The summed E-state index contributed by atoms with van der Waals surface area (Å²) in [4.78, 5) is 0. The lowest BCUT2D eigenvalue weighted by atomic mass is 9.99. The van der Waals surface area contributed by atoms with E-state index in [1.807, 2.05) is 30.3 Å². The highest BCUT2D eigenvalue weighted by molar-refractivity contribution is 5.80. The maximum absolute atomic E-state index is 6.02. The fourth-order valence-electron chi connectivity index (χ4n) is 2.32. The van der Waals surface area contributed by atoms with Crippen LogP contribution < -0.4 is 11.5 Å². The quantitative estimate of drug-likeness (QED) is 0.679. The Morgan fingerprint density at radius 2 is 1.15 bits per heavy atom. The summed E-state index contributed by atoms with van der Waals surface area (Å²) in [6, 6.07) is 24.3. The van der Waals surface area contributed by atoms with Crippen LogP contribution in [0.15, 0.2) is 72.8 Å². The summed E-state index contributed by atoms with van der Waals surface area (Å²) in [5, 5.41) is 0. The van der Waals surface area contributed by atoms with Gasteiger partial charge in [0.1, 0.15) is 0 Å². The van der Waals surface area contributed by atoms with Crippen molar-refractivity contribution in [1.82, 2.24) is 0 Å². The van der Waals surface area contributed by atoms with Crippen LogP contribution in [0, 0.1) is 0 Å². The molecule has 20 heavy (non-hydrogen) atoms. The molecule has 0 aliphatic carbocycles. The standard InChI is InChI=1S/C18H16N2/c19-16-10-11-17(18(20)12-16)15-8-6-14(7-9-15)13-4-2-1-3-5-13/h1-12H,19-20H2. The summed E-state index contributed by atoms with van der Waals surface area (Å²) in [6.07, 6.45) is 0. The Hall–Kier alpha value is -2.74. The van der Waals surface area contributed by atoms with Gasteiger partial charge in [-0.1, -0.05) is 60.7 Å². The molecular weight excluding hydrogens is 244 g/mol. The Bertz CT molecular complexity index is 716. The molecule has 0 spiro atoms. The lowest BCUT2D eigenvalue weighted by molar-refractivity contribution is 1.58. The van der Waals surface area contributed by atoms with E-state index in [1.165, 1.54) is 11.1 Å². The van der Waals surface area contributed by atoms with Gasteiger partial charge in [0.25, 0.3) is 0 Å². The van der Waals surface area contributed by atoms with Crippen molar-refractivity contribution in [3.63, 3.8) is 0 Å². The highest BCUT2D eigenvalue weighted by Crippen LogP contribution is 2.29. The van der Waals surface area contributed by atoms with Crippen molar-refractivity contribution in [1.29, 1.82) is 0 Å². The topological polar surface area (TPSA) is 52.0 Å². The van der Waals surface area contributed by atoms with E-state index in [1.54, 1.807) is 6.07 Å². The van der Waals surface area contributed by atoms with Crippen molar-refractivity contribution in [3.05, 3.63) is 72.8 Å². The fraction of sp³-hybridized carbons (Fsp3) is 0. The third-order valence-corrected chi connectivity index (χ3v) is 3.38. The van der Waals surface area contributed by atoms with Crippen LogP contribution in [-0.2, 0) is 0 Å². The van der Waals surface area contributed by atoms with Gasteiger partial charge in [-0.15, -0.1) is 0 Å². The third-order valence-electron chi connectivity index (χ3n) is 3.38. The van der Waals surface area contributed by atoms with Crippen LogP contribution in [0.2, 0.25) is 0 Å². The molecule has 98 valence electrons. The zero-order valence-corrected chi connectivity index (χ0v) is 11.1. The maximum Gasteiger partial charge on any atom is 0.0414 e. The largest absolute Gasteiger partial charge is 0.399 e. The minimum absolute atomic E-state index is 0.687. The van der Waals surface area contributed by atoms with Gasteiger partial charge in [0, 0.05) is 16.9 Å². The first-order valence-electron chi connectivity index (χ1n) is 6.55. The van der Waals surface area contributed by atoms with E-state index in [2.05, 4.69) is 36.4 Å². The van der Waals surface area contributed by atoms with Crippen molar-refractivity contribution < 1.29 is 0 Å². The maximum atomic E-state index is 6.02. The molecule has 0 heterocycles. The van der Waals surface area contributed by atoms with Gasteiger partial charge < -0.3 is 11.5 Å². The first-order valence-corrected chi connectivity index (χ1v) is 6.55. The lowest BCUT2D eigenvalue weighted by Gasteiger charge is -2.08. The van der Waals surface area contributed by atoms with Gasteiger partial charge in [0.15, 0.2) is 0 Å². The van der Waals surface area contributed by atoms with Gasteiger partial charge in [-0.2, -0.15) is 0 Å². The van der Waals surface area contributed by atoms with Crippen molar-refractivity contribution in [3.8, 4) is 22.3 Å². The molecule has 2 nitrogen and oxygen atoms in total. The van der Waals surface area contributed by atoms with E-state index in [-0.39, 0.29) is 0 Å². The zero-order chi connectivity index (χ0) is 13.9. The number of benzene rings is 3. The second-order valence-corrected chi connectivity index (χ2v) is 4.79. The number of anilines is 2. The zero-order valence-electron chi connectivity index (χ0n) is 11.1.